The number of benzene rings is 1. The Labute approximate surface area is 115 Å². The number of ether oxygens (including phenoxy) is 1. The highest BCUT2D eigenvalue weighted by Crippen LogP contribution is 2.31. The Hall–Kier alpha value is -1.76. The van der Waals surface area contributed by atoms with Gasteiger partial charge in [0.25, 0.3) is 0 Å². The fourth-order valence-corrected chi connectivity index (χ4v) is 1.64. The van der Waals surface area contributed by atoms with Gasteiger partial charge in [0, 0.05) is 19.0 Å². The number of alkyl halides is 3. The van der Waals surface area contributed by atoms with E-state index in [1.54, 1.807) is 6.92 Å². The van der Waals surface area contributed by atoms with Crippen LogP contribution in [-0.4, -0.2) is 25.8 Å². The Kier molecular flexibility index (Phi) is 5.82. The largest absolute Gasteiger partial charge is 0.449 e. The first kappa shape index (κ1) is 16.3. The van der Waals surface area contributed by atoms with Crippen molar-refractivity contribution < 1.29 is 22.7 Å². The average molecular weight is 290 g/mol. The van der Waals surface area contributed by atoms with E-state index in [4.69, 9.17) is 10.5 Å². The van der Waals surface area contributed by atoms with E-state index in [0.29, 0.717) is 12.1 Å². The minimum absolute atomic E-state index is 0.0658. The van der Waals surface area contributed by atoms with Gasteiger partial charge in [0.05, 0.1) is 5.56 Å². The van der Waals surface area contributed by atoms with E-state index in [1.807, 2.05) is 0 Å². The third-order valence-corrected chi connectivity index (χ3v) is 2.71. The lowest BCUT2D eigenvalue weighted by Crippen LogP contribution is -2.27. The van der Waals surface area contributed by atoms with E-state index in [2.05, 4.69) is 5.32 Å². The lowest BCUT2D eigenvalue weighted by Gasteiger charge is -2.17. The molecule has 0 spiro atoms. The highest BCUT2D eigenvalue weighted by Gasteiger charge is 2.31. The Bertz CT molecular complexity index is 449. The number of alkyl carbamates (subject to hydrolysis) is 1. The summed E-state index contributed by atoms with van der Waals surface area (Å²) in [7, 11) is 0. The molecule has 1 amide bonds. The third kappa shape index (κ3) is 4.73. The summed E-state index contributed by atoms with van der Waals surface area (Å²) in [5, 5.41) is 2.43. The van der Waals surface area contributed by atoms with Crippen LogP contribution in [0.2, 0.25) is 0 Å². The second-order valence-corrected chi connectivity index (χ2v) is 4.18. The molecule has 0 aliphatic carbocycles. The quantitative estimate of drug-likeness (QED) is 0.875. The lowest BCUT2D eigenvalue weighted by atomic mass is 9.98. The zero-order valence-corrected chi connectivity index (χ0v) is 11.0. The number of carbonyl (C=O) groups excluding carboxylic acids is 1. The molecule has 0 saturated heterocycles. The number of amides is 1. The molecule has 20 heavy (non-hydrogen) atoms. The molecule has 0 heterocycles. The van der Waals surface area contributed by atoms with E-state index < -0.39 is 23.8 Å². The first-order valence-electron chi connectivity index (χ1n) is 6.16. The molecule has 1 aromatic carbocycles. The number of rotatable bonds is 5. The molecule has 1 rings (SSSR count). The van der Waals surface area contributed by atoms with Crippen molar-refractivity contribution in [1.82, 2.24) is 5.32 Å². The predicted molar refractivity (Wildman–Crippen MR) is 68.3 cm³/mol. The Balaban J connectivity index is 2.77. The van der Waals surface area contributed by atoms with E-state index >= 15 is 0 Å². The maximum absolute atomic E-state index is 12.6. The second-order valence-electron chi connectivity index (χ2n) is 4.18. The van der Waals surface area contributed by atoms with Crippen LogP contribution in [0.3, 0.4) is 0 Å². The van der Waals surface area contributed by atoms with Crippen molar-refractivity contribution >= 4 is 6.09 Å². The summed E-state index contributed by atoms with van der Waals surface area (Å²) >= 11 is 0. The van der Waals surface area contributed by atoms with Crippen LogP contribution in [0.25, 0.3) is 0 Å². The topological polar surface area (TPSA) is 64.3 Å². The Morgan fingerprint density at radius 2 is 2.15 bits per heavy atom. The molecular formula is C13H17F3N2O2. The van der Waals surface area contributed by atoms with E-state index in [-0.39, 0.29) is 13.2 Å². The van der Waals surface area contributed by atoms with Crippen molar-refractivity contribution in [2.75, 3.05) is 19.7 Å². The summed E-state index contributed by atoms with van der Waals surface area (Å²) in [5.41, 5.74) is 5.18. The fraction of sp³-hybridized carbons (Fsp3) is 0.462. The minimum atomic E-state index is -4.41. The molecule has 1 atom stereocenters. The third-order valence-electron chi connectivity index (χ3n) is 2.71. The van der Waals surface area contributed by atoms with Crippen LogP contribution in [0.1, 0.15) is 24.0 Å². The van der Waals surface area contributed by atoms with E-state index in [1.165, 1.54) is 12.1 Å². The summed E-state index contributed by atoms with van der Waals surface area (Å²) < 4.78 is 42.8. The lowest BCUT2D eigenvalue weighted by molar-refractivity contribution is -0.137. The van der Waals surface area contributed by atoms with Crippen LogP contribution in [0.4, 0.5) is 18.0 Å². The summed E-state index contributed by atoms with van der Waals surface area (Å²) in [6, 6.07) is 4.86. The standard InChI is InChI=1S/C13H17F3N2O2/c1-2-18-12(19)20-8-10(7-17)9-4-3-5-11(6-9)13(14,15)16/h3-6,10H,2,7-8,17H2,1H3,(H,18,19). The Morgan fingerprint density at radius 1 is 1.45 bits per heavy atom. The second kappa shape index (κ2) is 7.14. The highest BCUT2D eigenvalue weighted by atomic mass is 19.4. The van der Waals surface area contributed by atoms with Gasteiger partial charge in [0.2, 0.25) is 0 Å². The smallest absolute Gasteiger partial charge is 0.416 e. The van der Waals surface area contributed by atoms with Gasteiger partial charge in [-0.1, -0.05) is 18.2 Å². The number of hydrogen-bond donors (Lipinski definition) is 2. The van der Waals surface area contributed by atoms with Gasteiger partial charge in [0.15, 0.2) is 0 Å². The SMILES string of the molecule is CCNC(=O)OCC(CN)c1cccc(C(F)(F)F)c1. The van der Waals surface area contributed by atoms with E-state index in [9.17, 15) is 18.0 Å². The van der Waals surface area contributed by atoms with Crippen molar-refractivity contribution in [3.05, 3.63) is 35.4 Å². The molecule has 4 nitrogen and oxygen atoms in total. The van der Waals surface area contributed by atoms with Gasteiger partial charge in [-0.2, -0.15) is 13.2 Å². The number of carbonyl (C=O) groups is 1. The van der Waals surface area contributed by atoms with Crippen molar-refractivity contribution in [2.45, 2.75) is 19.0 Å². The van der Waals surface area contributed by atoms with Gasteiger partial charge >= 0.3 is 12.3 Å². The van der Waals surface area contributed by atoms with Crippen molar-refractivity contribution in [3.8, 4) is 0 Å². The van der Waals surface area contributed by atoms with Gasteiger partial charge < -0.3 is 15.8 Å². The van der Waals surface area contributed by atoms with Crippen LogP contribution in [0.5, 0.6) is 0 Å². The molecule has 112 valence electrons. The first-order valence-corrected chi connectivity index (χ1v) is 6.16. The molecule has 1 unspecified atom stereocenters. The number of halogens is 3. The molecule has 1 aromatic rings. The maximum atomic E-state index is 12.6. The van der Waals surface area contributed by atoms with Gasteiger partial charge in [-0.3, -0.25) is 0 Å². The molecule has 0 aromatic heterocycles. The van der Waals surface area contributed by atoms with Crippen LogP contribution >= 0.6 is 0 Å². The zero-order valence-electron chi connectivity index (χ0n) is 11.0. The molecule has 0 fully saturated rings. The van der Waals surface area contributed by atoms with Crippen LogP contribution in [0.15, 0.2) is 24.3 Å². The molecule has 3 N–H and O–H groups in total. The Morgan fingerprint density at radius 3 is 2.70 bits per heavy atom. The molecular weight excluding hydrogens is 273 g/mol. The van der Waals surface area contributed by atoms with Crippen LogP contribution in [-0.2, 0) is 10.9 Å². The normalized spacial score (nSPS) is 12.8. The van der Waals surface area contributed by atoms with Crippen molar-refractivity contribution in [2.24, 2.45) is 5.73 Å². The van der Waals surface area contributed by atoms with Crippen molar-refractivity contribution in [3.63, 3.8) is 0 Å². The summed E-state index contributed by atoms with van der Waals surface area (Å²) in [6.07, 6.45) is -5.02. The first-order chi connectivity index (χ1) is 9.38. The van der Waals surface area contributed by atoms with Gasteiger partial charge in [-0.25, -0.2) is 4.79 Å². The summed E-state index contributed by atoms with van der Waals surface area (Å²) in [6.45, 7) is 2.16. The molecule has 0 bridgehead atoms. The minimum Gasteiger partial charge on any atom is -0.449 e. The number of nitrogens with one attached hydrogen (secondary N) is 1. The van der Waals surface area contributed by atoms with Crippen LogP contribution < -0.4 is 11.1 Å². The monoisotopic (exact) mass is 290 g/mol. The fourth-order valence-electron chi connectivity index (χ4n) is 1.64. The van der Waals surface area contributed by atoms with Gasteiger partial charge in [-0.15, -0.1) is 0 Å². The number of hydrogen-bond acceptors (Lipinski definition) is 3. The van der Waals surface area contributed by atoms with E-state index in [0.717, 1.165) is 12.1 Å². The van der Waals surface area contributed by atoms with Crippen LogP contribution in [0, 0.1) is 0 Å². The maximum Gasteiger partial charge on any atom is 0.416 e. The van der Waals surface area contributed by atoms with Crippen molar-refractivity contribution in [1.29, 1.82) is 0 Å². The average Bonchev–Trinajstić information content (AvgIpc) is 2.39. The predicted octanol–water partition coefficient (Wildman–Crippen LogP) is 2.49. The summed E-state index contributed by atoms with van der Waals surface area (Å²) in [4.78, 5) is 11.2. The number of nitrogens with two attached hydrogens (primary N) is 1. The molecule has 0 saturated carbocycles. The summed E-state index contributed by atoms with van der Waals surface area (Å²) in [5.74, 6) is -0.472. The zero-order chi connectivity index (χ0) is 15.2. The van der Waals surface area contributed by atoms with Gasteiger partial charge in [0.1, 0.15) is 6.61 Å². The molecule has 0 aliphatic heterocycles. The highest BCUT2D eigenvalue weighted by molar-refractivity contribution is 5.67. The molecule has 0 radical (unpaired) electrons. The van der Waals surface area contributed by atoms with Gasteiger partial charge in [-0.05, 0) is 18.6 Å². The molecule has 7 heteroatoms. The molecule has 0 aliphatic rings.